The molecule has 6 heteroatoms. The number of anilines is 2. The van der Waals surface area contributed by atoms with Crippen molar-refractivity contribution in [2.45, 2.75) is 6.54 Å². The number of aromatic carboxylic acids is 1. The Bertz CT molecular complexity index is 831. The maximum atomic E-state index is 11.0. The van der Waals surface area contributed by atoms with Crippen LogP contribution in [0.25, 0.3) is 10.9 Å². The van der Waals surface area contributed by atoms with Crippen LogP contribution in [0.5, 0.6) is 0 Å². The van der Waals surface area contributed by atoms with Gasteiger partial charge in [-0.05, 0) is 29.8 Å². The second-order valence-corrected chi connectivity index (χ2v) is 4.97. The highest BCUT2D eigenvalue weighted by molar-refractivity contribution is 5.97. The first-order valence-electron chi connectivity index (χ1n) is 6.56. The molecule has 3 N–H and O–H groups in total. The largest absolute Gasteiger partial charge is 0.478 e. The van der Waals surface area contributed by atoms with Crippen molar-refractivity contribution in [3.05, 3.63) is 53.6 Å². The van der Waals surface area contributed by atoms with Gasteiger partial charge in [0.25, 0.3) is 0 Å². The Balaban J connectivity index is 1.74. The van der Waals surface area contributed by atoms with Crippen LogP contribution in [0.2, 0.25) is 0 Å². The Hall–Kier alpha value is -3.02. The first-order valence-corrected chi connectivity index (χ1v) is 6.56. The Morgan fingerprint density at radius 3 is 2.90 bits per heavy atom. The molecule has 0 aliphatic carbocycles. The number of nitrogens with zero attached hydrogens (tertiary/aromatic N) is 2. The van der Waals surface area contributed by atoms with E-state index in [0.29, 0.717) is 5.52 Å². The lowest BCUT2D eigenvalue weighted by Crippen LogP contribution is -2.23. The molecule has 0 amide bonds. The molecule has 1 aliphatic heterocycles. The van der Waals surface area contributed by atoms with Gasteiger partial charge < -0.3 is 5.11 Å². The zero-order valence-electron chi connectivity index (χ0n) is 11.0. The molecule has 0 bridgehead atoms. The van der Waals surface area contributed by atoms with Gasteiger partial charge in [-0.3, -0.25) is 15.5 Å². The number of aromatic nitrogens is 2. The summed E-state index contributed by atoms with van der Waals surface area (Å²) in [5, 5.41) is 19.1. The van der Waals surface area contributed by atoms with E-state index in [1.165, 1.54) is 5.56 Å². The molecule has 3 aromatic rings. The minimum atomic E-state index is -0.945. The lowest BCUT2D eigenvalue weighted by molar-refractivity contribution is 0.0697. The monoisotopic (exact) mass is 280 g/mol. The number of H-pyrrole nitrogens is 1. The third-order valence-electron chi connectivity index (χ3n) is 3.65. The van der Waals surface area contributed by atoms with Crippen molar-refractivity contribution in [2.75, 3.05) is 10.4 Å². The molecule has 0 saturated carbocycles. The molecular formula is C15H12N4O2. The number of benzene rings is 2. The Labute approximate surface area is 120 Å². The van der Waals surface area contributed by atoms with Crippen LogP contribution in [-0.4, -0.2) is 21.3 Å². The van der Waals surface area contributed by atoms with E-state index in [0.717, 1.165) is 23.4 Å². The molecule has 0 saturated heterocycles. The molecule has 21 heavy (non-hydrogen) atoms. The molecule has 4 rings (SSSR count). The molecule has 1 aliphatic rings. The van der Waals surface area contributed by atoms with E-state index in [-0.39, 0.29) is 5.56 Å². The standard InChI is InChI=1S/C15H12N4O2/c20-15(21)9-5-6-11-13(7-9)16-17-14(11)19-8-10-3-1-2-4-12(10)18-19/h1-7,18H,8H2,(H,16,17)(H,20,21). The molecule has 0 spiro atoms. The predicted molar refractivity (Wildman–Crippen MR) is 79.3 cm³/mol. The van der Waals surface area contributed by atoms with Crippen LogP contribution >= 0.6 is 0 Å². The summed E-state index contributed by atoms with van der Waals surface area (Å²) in [7, 11) is 0. The predicted octanol–water partition coefficient (Wildman–Crippen LogP) is 2.61. The summed E-state index contributed by atoms with van der Waals surface area (Å²) in [4.78, 5) is 11.0. The van der Waals surface area contributed by atoms with Gasteiger partial charge in [0.1, 0.15) is 0 Å². The first-order chi connectivity index (χ1) is 10.2. The van der Waals surface area contributed by atoms with Gasteiger partial charge in [0.15, 0.2) is 5.82 Å². The van der Waals surface area contributed by atoms with Crippen molar-refractivity contribution in [1.82, 2.24) is 10.2 Å². The molecule has 2 heterocycles. The summed E-state index contributed by atoms with van der Waals surface area (Å²) in [6.45, 7) is 0.719. The highest BCUT2D eigenvalue weighted by atomic mass is 16.4. The van der Waals surface area contributed by atoms with Crippen LogP contribution in [-0.2, 0) is 6.54 Å². The third kappa shape index (κ3) is 1.80. The fourth-order valence-corrected chi connectivity index (χ4v) is 2.59. The van der Waals surface area contributed by atoms with Crippen LogP contribution in [0.4, 0.5) is 11.5 Å². The van der Waals surface area contributed by atoms with Gasteiger partial charge in [-0.1, -0.05) is 18.2 Å². The summed E-state index contributed by atoms with van der Waals surface area (Å²) in [5.74, 6) is -0.183. The third-order valence-corrected chi connectivity index (χ3v) is 3.65. The summed E-state index contributed by atoms with van der Waals surface area (Å²) in [5.41, 5.74) is 6.53. The summed E-state index contributed by atoms with van der Waals surface area (Å²) >= 11 is 0. The first kappa shape index (κ1) is 11.8. The second-order valence-electron chi connectivity index (χ2n) is 4.97. The maximum absolute atomic E-state index is 11.0. The number of carboxylic acid groups (broad SMARTS) is 1. The van der Waals surface area contributed by atoms with Crippen LogP contribution in [0.15, 0.2) is 42.5 Å². The minimum Gasteiger partial charge on any atom is -0.478 e. The topological polar surface area (TPSA) is 81.2 Å². The average molecular weight is 280 g/mol. The van der Waals surface area contributed by atoms with Gasteiger partial charge in [-0.25, -0.2) is 4.79 Å². The van der Waals surface area contributed by atoms with Crippen molar-refractivity contribution < 1.29 is 9.90 Å². The van der Waals surface area contributed by atoms with Crippen molar-refractivity contribution in [1.29, 1.82) is 0 Å². The maximum Gasteiger partial charge on any atom is 0.335 e. The molecule has 0 atom stereocenters. The highest BCUT2D eigenvalue weighted by Gasteiger charge is 2.22. The van der Waals surface area contributed by atoms with Gasteiger partial charge >= 0.3 is 5.97 Å². The number of carboxylic acids is 1. The normalized spacial score (nSPS) is 13.2. The molecule has 1 aromatic heterocycles. The van der Waals surface area contributed by atoms with Crippen molar-refractivity contribution >= 4 is 28.4 Å². The second kappa shape index (κ2) is 4.24. The Morgan fingerprint density at radius 1 is 1.24 bits per heavy atom. The van der Waals surface area contributed by atoms with Gasteiger partial charge in [0.2, 0.25) is 0 Å². The number of rotatable bonds is 2. The van der Waals surface area contributed by atoms with Gasteiger partial charge in [-0.2, -0.15) is 5.10 Å². The number of hydrogen-bond acceptors (Lipinski definition) is 4. The SMILES string of the molecule is O=C(O)c1ccc2c(N3Cc4ccccc4N3)n[nH]c2c1. The van der Waals surface area contributed by atoms with Crippen molar-refractivity contribution in [3.63, 3.8) is 0 Å². The fraction of sp³-hybridized carbons (Fsp3) is 0.0667. The van der Waals surface area contributed by atoms with Crippen LogP contribution < -0.4 is 10.4 Å². The molecule has 104 valence electrons. The number of hydrazine groups is 1. The molecule has 0 radical (unpaired) electrons. The van der Waals surface area contributed by atoms with E-state index in [1.54, 1.807) is 18.2 Å². The molecule has 2 aromatic carbocycles. The van der Waals surface area contributed by atoms with E-state index in [9.17, 15) is 4.79 Å². The van der Waals surface area contributed by atoms with E-state index in [1.807, 2.05) is 23.2 Å². The van der Waals surface area contributed by atoms with Crippen LogP contribution in [0.1, 0.15) is 15.9 Å². The smallest absolute Gasteiger partial charge is 0.335 e. The van der Waals surface area contributed by atoms with E-state index >= 15 is 0 Å². The number of para-hydroxylation sites is 1. The molecule has 0 fully saturated rings. The highest BCUT2D eigenvalue weighted by Crippen LogP contribution is 2.32. The average Bonchev–Trinajstić information content (AvgIpc) is 3.09. The number of hydrogen-bond donors (Lipinski definition) is 3. The van der Waals surface area contributed by atoms with Crippen LogP contribution in [0.3, 0.4) is 0 Å². The van der Waals surface area contributed by atoms with E-state index in [4.69, 9.17) is 5.11 Å². The fourth-order valence-electron chi connectivity index (χ4n) is 2.59. The molecular weight excluding hydrogens is 268 g/mol. The van der Waals surface area contributed by atoms with E-state index < -0.39 is 5.97 Å². The van der Waals surface area contributed by atoms with Gasteiger partial charge in [0, 0.05) is 5.39 Å². The zero-order chi connectivity index (χ0) is 14.4. The Kier molecular flexibility index (Phi) is 2.38. The number of fused-ring (bicyclic) bond motifs is 2. The van der Waals surface area contributed by atoms with Crippen molar-refractivity contribution in [3.8, 4) is 0 Å². The lowest BCUT2D eigenvalue weighted by Gasteiger charge is -2.15. The number of aromatic amines is 1. The summed E-state index contributed by atoms with van der Waals surface area (Å²) < 4.78 is 0. The molecule has 6 nitrogen and oxygen atoms in total. The minimum absolute atomic E-state index is 0.246. The summed E-state index contributed by atoms with van der Waals surface area (Å²) in [6.07, 6.45) is 0. The van der Waals surface area contributed by atoms with Gasteiger partial charge in [0.05, 0.1) is 23.3 Å². The Morgan fingerprint density at radius 2 is 2.10 bits per heavy atom. The molecule has 0 unspecified atom stereocenters. The summed E-state index contributed by atoms with van der Waals surface area (Å²) in [6, 6.07) is 13.0. The lowest BCUT2D eigenvalue weighted by atomic mass is 10.1. The zero-order valence-corrected chi connectivity index (χ0v) is 11.0. The quantitative estimate of drug-likeness (QED) is 0.672. The van der Waals surface area contributed by atoms with Crippen LogP contribution in [0, 0.1) is 0 Å². The van der Waals surface area contributed by atoms with Crippen molar-refractivity contribution in [2.24, 2.45) is 0 Å². The van der Waals surface area contributed by atoms with Gasteiger partial charge in [-0.15, -0.1) is 0 Å². The number of carbonyl (C=O) groups is 1. The number of nitrogens with one attached hydrogen (secondary N) is 2. The van der Waals surface area contributed by atoms with E-state index in [2.05, 4.69) is 21.7 Å².